The Morgan fingerprint density at radius 2 is 0.744 bits per heavy atom. The molecule has 0 aliphatic carbocycles. The number of aliphatic hydroxyl groups excluding tert-OH is 1. The van der Waals surface area contributed by atoms with Crippen molar-refractivity contribution in [2.75, 3.05) is 13.2 Å². The molecule has 0 saturated heterocycles. The van der Waals surface area contributed by atoms with Crippen LogP contribution < -0.4 is 0 Å². The highest BCUT2D eigenvalue weighted by molar-refractivity contribution is 5.69. The second-order valence-electron chi connectivity index (χ2n) is 13.5. The van der Waals surface area contributed by atoms with Gasteiger partial charge in [0, 0.05) is 12.8 Å². The molecule has 0 aliphatic heterocycles. The van der Waals surface area contributed by atoms with Crippen molar-refractivity contribution in [2.24, 2.45) is 5.92 Å². The van der Waals surface area contributed by atoms with Crippen LogP contribution in [0.15, 0.2) is 0 Å². The van der Waals surface area contributed by atoms with E-state index >= 15 is 0 Å². The predicted octanol–water partition coefficient (Wildman–Crippen LogP) is 11.4. The van der Waals surface area contributed by atoms with Gasteiger partial charge in [0.25, 0.3) is 0 Å². The highest BCUT2D eigenvalue weighted by Gasteiger charge is 2.12. The summed E-state index contributed by atoms with van der Waals surface area (Å²) in [6.45, 7) is 6.61. The molecule has 0 bridgehead atoms. The summed E-state index contributed by atoms with van der Waals surface area (Å²) in [6.07, 6.45) is 34.6. The number of hydrogen-bond acceptors (Lipinski definition) is 5. The standard InChI is InChI=1S/C38H74O5/c1-4-5-6-7-8-9-10-11-12-13-14-15-16-17-18-19-22-25-28-31-37(40)42-33-36(39)34-43-38(41)32-29-26-23-20-21-24-27-30-35(2)3/h35-36,39H,4-34H2,1-3H3/t36-/m1/s1. The third kappa shape index (κ3) is 35.3. The quantitative estimate of drug-likeness (QED) is 0.0579. The van der Waals surface area contributed by atoms with E-state index in [2.05, 4.69) is 20.8 Å². The van der Waals surface area contributed by atoms with Crippen molar-refractivity contribution in [2.45, 2.75) is 213 Å². The van der Waals surface area contributed by atoms with Crippen LogP contribution in [0.2, 0.25) is 0 Å². The number of rotatable bonds is 34. The van der Waals surface area contributed by atoms with Crippen LogP contribution in [0.5, 0.6) is 0 Å². The number of carbonyl (C=O) groups is 2. The van der Waals surface area contributed by atoms with Crippen molar-refractivity contribution in [3.8, 4) is 0 Å². The Balaban J connectivity index is 3.36. The van der Waals surface area contributed by atoms with Crippen LogP contribution in [-0.2, 0) is 19.1 Å². The minimum atomic E-state index is -0.955. The molecule has 0 amide bonds. The Morgan fingerprint density at radius 1 is 0.465 bits per heavy atom. The summed E-state index contributed by atoms with van der Waals surface area (Å²) >= 11 is 0. The summed E-state index contributed by atoms with van der Waals surface area (Å²) < 4.78 is 10.3. The SMILES string of the molecule is CCCCCCCCCCCCCCCCCCCCCC(=O)OC[C@@H](O)COC(=O)CCCCCCCCCC(C)C. The van der Waals surface area contributed by atoms with E-state index < -0.39 is 6.10 Å². The summed E-state index contributed by atoms with van der Waals surface area (Å²) in [6, 6.07) is 0. The molecule has 43 heavy (non-hydrogen) atoms. The van der Waals surface area contributed by atoms with Gasteiger partial charge < -0.3 is 14.6 Å². The zero-order chi connectivity index (χ0) is 31.6. The molecule has 0 aromatic heterocycles. The molecule has 0 aromatic carbocycles. The minimum absolute atomic E-state index is 0.109. The predicted molar refractivity (Wildman–Crippen MR) is 182 cm³/mol. The van der Waals surface area contributed by atoms with Crippen molar-refractivity contribution in [3.63, 3.8) is 0 Å². The van der Waals surface area contributed by atoms with Gasteiger partial charge in [0.2, 0.25) is 0 Å². The molecule has 0 unspecified atom stereocenters. The Bertz CT molecular complexity index is 591. The van der Waals surface area contributed by atoms with E-state index in [1.165, 1.54) is 141 Å². The van der Waals surface area contributed by atoms with Crippen molar-refractivity contribution in [3.05, 3.63) is 0 Å². The van der Waals surface area contributed by atoms with Crippen LogP contribution >= 0.6 is 0 Å². The van der Waals surface area contributed by atoms with E-state index in [0.717, 1.165) is 38.0 Å². The van der Waals surface area contributed by atoms with Crippen molar-refractivity contribution >= 4 is 11.9 Å². The minimum Gasteiger partial charge on any atom is -0.463 e. The molecule has 1 N–H and O–H groups in total. The lowest BCUT2D eigenvalue weighted by atomic mass is 10.0. The number of carbonyl (C=O) groups excluding carboxylic acids is 2. The first-order chi connectivity index (χ1) is 21.0. The first-order valence-electron chi connectivity index (χ1n) is 18.9. The van der Waals surface area contributed by atoms with Crippen LogP contribution in [0.4, 0.5) is 0 Å². The zero-order valence-corrected chi connectivity index (χ0v) is 29.2. The van der Waals surface area contributed by atoms with Gasteiger partial charge >= 0.3 is 11.9 Å². The number of aliphatic hydroxyl groups is 1. The van der Waals surface area contributed by atoms with Gasteiger partial charge in [-0.25, -0.2) is 0 Å². The maximum Gasteiger partial charge on any atom is 0.305 e. The second-order valence-corrected chi connectivity index (χ2v) is 13.5. The van der Waals surface area contributed by atoms with Crippen molar-refractivity contribution in [1.82, 2.24) is 0 Å². The lowest BCUT2D eigenvalue weighted by Crippen LogP contribution is -2.25. The van der Waals surface area contributed by atoms with Gasteiger partial charge in [0.1, 0.15) is 19.3 Å². The first-order valence-corrected chi connectivity index (χ1v) is 18.9. The van der Waals surface area contributed by atoms with Crippen molar-refractivity contribution < 1.29 is 24.2 Å². The average molecular weight is 611 g/mol. The van der Waals surface area contributed by atoms with Gasteiger partial charge in [-0.3, -0.25) is 9.59 Å². The summed E-state index contributed by atoms with van der Waals surface area (Å²) in [7, 11) is 0. The first kappa shape index (κ1) is 41.9. The molecule has 0 saturated carbocycles. The molecular weight excluding hydrogens is 536 g/mol. The molecule has 5 heteroatoms. The van der Waals surface area contributed by atoms with Gasteiger partial charge in [-0.2, -0.15) is 0 Å². The maximum atomic E-state index is 11.9. The highest BCUT2D eigenvalue weighted by atomic mass is 16.6. The summed E-state index contributed by atoms with van der Waals surface area (Å²) in [5, 5.41) is 9.97. The number of esters is 2. The van der Waals surface area contributed by atoms with Crippen LogP contribution in [0.25, 0.3) is 0 Å². The van der Waals surface area contributed by atoms with E-state index in [1.807, 2.05) is 0 Å². The topological polar surface area (TPSA) is 72.8 Å². The molecule has 0 fully saturated rings. The van der Waals surface area contributed by atoms with Gasteiger partial charge in [0.15, 0.2) is 0 Å². The van der Waals surface area contributed by atoms with Crippen LogP contribution in [0, 0.1) is 5.92 Å². The molecule has 1 atom stereocenters. The Labute approximate surface area is 268 Å². The lowest BCUT2D eigenvalue weighted by Gasteiger charge is -2.12. The Morgan fingerprint density at radius 3 is 1.05 bits per heavy atom. The Kier molecular flexibility index (Phi) is 32.9. The van der Waals surface area contributed by atoms with E-state index in [0.29, 0.717) is 12.8 Å². The highest BCUT2D eigenvalue weighted by Crippen LogP contribution is 2.15. The largest absolute Gasteiger partial charge is 0.463 e. The number of hydrogen-bond donors (Lipinski definition) is 1. The monoisotopic (exact) mass is 611 g/mol. The van der Waals surface area contributed by atoms with Gasteiger partial charge in [-0.1, -0.05) is 181 Å². The average Bonchev–Trinajstić information content (AvgIpc) is 2.99. The fourth-order valence-electron chi connectivity index (χ4n) is 5.62. The fraction of sp³-hybridized carbons (Fsp3) is 0.947. The summed E-state index contributed by atoms with van der Waals surface area (Å²) in [5.74, 6) is 0.239. The maximum absolute atomic E-state index is 11.9. The number of unbranched alkanes of at least 4 members (excludes halogenated alkanes) is 24. The molecule has 0 spiro atoms. The van der Waals surface area contributed by atoms with Gasteiger partial charge in [-0.15, -0.1) is 0 Å². The van der Waals surface area contributed by atoms with E-state index in [-0.39, 0.29) is 25.2 Å². The fourth-order valence-corrected chi connectivity index (χ4v) is 5.62. The molecular formula is C38H74O5. The van der Waals surface area contributed by atoms with E-state index in [9.17, 15) is 14.7 Å². The molecule has 0 radical (unpaired) electrons. The zero-order valence-electron chi connectivity index (χ0n) is 29.2. The van der Waals surface area contributed by atoms with Crippen LogP contribution in [-0.4, -0.2) is 36.4 Å². The smallest absolute Gasteiger partial charge is 0.305 e. The lowest BCUT2D eigenvalue weighted by molar-refractivity contribution is -0.152. The normalized spacial score (nSPS) is 12.1. The molecule has 256 valence electrons. The third-order valence-electron chi connectivity index (χ3n) is 8.52. The summed E-state index contributed by atoms with van der Waals surface area (Å²) in [5.41, 5.74) is 0. The van der Waals surface area contributed by atoms with E-state index in [1.54, 1.807) is 0 Å². The van der Waals surface area contributed by atoms with Gasteiger partial charge in [0.05, 0.1) is 0 Å². The number of ether oxygens (including phenoxy) is 2. The third-order valence-corrected chi connectivity index (χ3v) is 8.52. The van der Waals surface area contributed by atoms with Crippen molar-refractivity contribution in [1.29, 1.82) is 0 Å². The van der Waals surface area contributed by atoms with E-state index in [4.69, 9.17) is 9.47 Å². The van der Waals surface area contributed by atoms with Gasteiger partial charge in [-0.05, 0) is 18.8 Å². The molecule has 0 heterocycles. The van der Waals surface area contributed by atoms with Crippen LogP contribution in [0.1, 0.15) is 207 Å². The molecule has 0 rings (SSSR count). The van der Waals surface area contributed by atoms with Crippen LogP contribution in [0.3, 0.4) is 0 Å². The molecule has 5 nitrogen and oxygen atoms in total. The molecule has 0 aromatic rings. The second kappa shape index (κ2) is 33.8. The summed E-state index contributed by atoms with van der Waals surface area (Å²) in [4.78, 5) is 23.8. The Hall–Kier alpha value is -1.10. The molecule has 0 aliphatic rings.